The van der Waals surface area contributed by atoms with Crippen molar-refractivity contribution >= 4 is 22.8 Å². The molecule has 1 aliphatic heterocycles. The van der Waals surface area contributed by atoms with Gasteiger partial charge in [0.05, 0.1) is 0 Å². The van der Waals surface area contributed by atoms with E-state index in [9.17, 15) is 9.59 Å². The Labute approximate surface area is 70.3 Å². The number of likely N-dealkylation sites (tertiary alicyclic amines) is 1. The predicted molar refractivity (Wildman–Crippen MR) is 41.2 cm³/mol. The standard InChI is InChI=1S/C7H10ClNO2/c1-9-3-2-5(7(8)11)4-6(9)10/h5H,2-4H2,1H3/t5-/m0/s1. The molecule has 62 valence electrons. The van der Waals surface area contributed by atoms with Gasteiger partial charge in [-0.2, -0.15) is 0 Å². The number of carbonyl (C=O) groups is 2. The summed E-state index contributed by atoms with van der Waals surface area (Å²) in [6.45, 7) is 0.641. The number of carbonyl (C=O) groups excluding carboxylic acids is 2. The predicted octanol–water partition coefficient (Wildman–Crippen LogP) is 0.620. The Kier molecular flexibility index (Phi) is 2.49. The largest absolute Gasteiger partial charge is 0.346 e. The van der Waals surface area contributed by atoms with E-state index in [1.54, 1.807) is 11.9 Å². The first-order valence-corrected chi connectivity index (χ1v) is 3.92. The lowest BCUT2D eigenvalue weighted by molar-refractivity contribution is -0.136. The van der Waals surface area contributed by atoms with Crippen LogP contribution in [0.25, 0.3) is 0 Å². The average Bonchev–Trinajstić information content (AvgIpc) is 1.94. The highest BCUT2D eigenvalue weighted by Crippen LogP contribution is 2.19. The van der Waals surface area contributed by atoms with Crippen LogP contribution >= 0.6 is 11.6 Å². The zero-order valence-electron chi connectivity index (χ0n) is 6.34. The molecule has 0 aromatic carbocycles. The van der Waals surface area contributed by atoms with Crippen LogP contribution in [0.4, 0.5) is 0 Å². The monoisotopic (exact) mass is 175 g/mol. The third kappa shape index (κ3) is 1.93. The summed E-state index contributed by atoms with van der Waals surface area (Å²) < 4.78 is 0. The van der Waals surface area contributed by atoms with Crippen LogP contribution < -0.4 is 0 Å². The summed E-state index contributed by atoms with van der Waals surface area (Å²) in [6.07, 6.45) is 0.976. The van der Waals surface area contributed by atoms with Crippen molar-refractivity contribution in [3.63, 3.8) is 0 Å². The fourth-order valence-corrected chi connectivity index (χ4v) is 1.32. The maximum Gasteiger partial charge on any atom is 0.225 e. The minimum absolute atomic E-state index is 0.00949. The zero-order chi connectivity index (χ0) is 8.43. The molecule has 0 aromatic heterocycles. The van der Waals surface area contributed by atoms with E-state index < -0.39 is 0 Å². The van der Waals surface area contributed by atoms with Crippen LogP contribution in [0.1, 0.15) is 12.8 Å². The van der Waals surface area contributed by atoms with E-state index >= 15 is 0 Å². The van der Waals surface area contributed by atoms with Crippen LogP contribution in [0.3, 0.4) is 0 Å². The van der Waals surface area contributed by atoms with Gasteiger partial charge in [0, 0.05) is 25.9 Å². The molecule has 0 spiro atoms. The fourth-order valence-electron chi connectivity index (χ4n) is 1.14. The van der Waals surface area contributed by atoms with Gasteiger partial charge in [0.25, 0.3) is 0 Å². The van der Waals surface area contributed by atoms with Gasteiger partial charge in [0.15, 0.2) is 0 Å². The van der Waals surface area contributed by atoms with Crippen LogP contribution in [-0.2, 0) is 9.59 Å². The topological polar surface area (TPSA) is 37.4 Å². The van der Waals surface area contributed by atoms with E-state index in [1.165, 1.54) is 0 Å². The number of rotatable bonds is 1. The second kappa shape index (κ2) is 3.22. The summed E-state index contributed by atoms with van der Waals surface area (Å²) in [7, 11) is 1.73. The summed E-state index contributed by atoms with van der Waals surface area (Å²) in [5, 5.41) is -0.383. The van der Waals surface area contributed by atoms with Crippen LogP contribution in [-0.4, -0.2) is 29.6 Å². The lowest BCUT2D eigenvalue weighted by atomic mass is 9.98. The van der Waals surface area contributed by atoms with E-state index in [0.29, 0.717) is 13.0 Å². The van der Waals surface area contributed by atoms with Crippen molar-refractivity contribution in [2.45, 2.75) is 12.8 Å². The molecule has 1 saturated heterocycles. The van der Waals surface area contributed by atoms with Gasteiger partial charge in [-0.15, -0.1) is 0 Å². The normalized spacial score (nSPS) is 25.5. The minimum atomic E-state index is -0.383. The molecule has 1 fully saturated rings. The molecule has 0 aromatic rings. The van der Waals surface area contributed by atoms with Gasteiger partial charge in [-0.05, 0) is 18.0 Å². The maximum absolute atomic E-state index is 11.0. The third-order valence-electron chi connectivity index (χ3n) is 1.98. The molecule has 1 amide bonds. The molecule has 1 atom stereocenters. The second-order valence-corrected chi connectivity index (χ2v) is 3.18. The summed E-state index contributed by atoms with van der Waals surface area (Å²) in [5.41, 5.74) is 0. The molecule has 0 unspecified atom stereocenters. The molecule has 4 heteroatoms. The van der Waals surface area contributed by atoms with Crippen molar-refractivity contribution in [2.75, 3.05) is 13.6 Å². The highest BCUT2D eigenvalue weighted by molar-refractivity contribution is 6.64. The molecule has 0 aliphatic carbocycles. The molecule has 1 heterocycles. The van der Waals surface area contributed by atoms with Crippen LogP contribution in [0.15, 0.2) is 0 Å². The van der Waals surface area contributed by atoms with Gasteiger partial charge in [0.2, 0.25) is 11.1 Å². The summed E-state index contributed by atoms with van der Waals surface area (Å²) in [5.74, 6) is -0.240. The first-order valence-electron chi connectivity index (χ1n) is 3.54. The van der Waals surface area contributed by atoms with Gasteiger partial charge in [0.1, 0.15) is 0 Å². The third-order valence-corrected chi connectivity index (χ3v) is 2.29. The number of piperidine rings is 1. The Bertz CT molecular complexity index is 193. The van der Waals surface area contributed by atoms with Crippen LogP contribution in [0.2, 0.25) is 0 Å². The first-order chi connectivity index (χ1) is 5.11. The van der Waals surface area contributed by atoms with E-state index in [0.717, 1.165) is 0 Å². The summed E-state index contributed by atoms with van der Waals surface area (Å²) in [4.78, 5) is 23.3. The molecule has 3 nitrogen and oxygen atoms in total. The van der Waals surface area contributed by atoms with Crippen LogP contribution in [0.5, 0.6) is 0 Å². The summed E-state index contributed by atoms with van der Waals surface area (Å²) in [6, 6.07) is 0. The number of nitrogens with zero attached hydrogens (tertiary/aromatic N) is 1. The summed E-state index contributed by atoms with van der Waals surface area (Å²) >= 11 is 5.26. The van der Waals surface area contributed by atoms with Crippen molar-refractivity contribution in [1.29, 1.82) is 0 Å². The minimum Gasteiger partial charge on any atom is -0.346 e. The van der Waals surface area contributed by atoms with E-state index in [-0.39, 0.29) is 23.5 Å². The second-order valence-electron chi connectivity index (χ2n) is 2.81. The highest BCUT2D eigenvalue weighted by Gasteiger charge is 2.27. The van der Waals surface area contributed by atoms with E-state index in [2.05, 4.69) is 0 Å². The van der Waals surface area contributed by atoms with Gasteiger partial charge in [-0.25, -0.2) is 0 Å². The Balaban J connectivity index is 2.53. The SMILES string of the molecule is CN1CC[C@H](C(=O)Cl)CC1=O. The van der Waals surface area contributed by atoms with Gasteiger partial charge >= 0.3 is 0 Å². The average molecular weight is 176 g/mol. The molecule has 1 aliphatic rings. The Morgan fingerprint density at radius 2 is 2.36 bits per heavy atom. The molecule has 11 heavy (non-hydrogen) atoms. The Morgan fingerprint density at radius 3 is 2.82 bits per heavy atom. The lowest BCUT2D eigenvalue weighted by Gasteiger charge is -2.26. The van der Waals surface area contributed by atoms with Crippen LogP contribution in [0, 0.1) is 5.92 Å². The number of hydrogen-bond acceptors (Lipinski definition) is 2. The molecule has 0 radical (unpaired) electrons. The van der Waals surface area contributed by atoms with E-state index in [1.807, 2.05) is 0 Å². The lowest BCUT2D eigenvalue weighted by Crippen LogP contribution is -2.37. The molecule has 0 N–H and O–H groups in total. The maximum atomic E-state index is 11.0. The van der Waals surface area contributed by atoms with Gasteiger partial charge < -0.3 is 4.90 Å². The van der Waals surface area contributed by atoms with Gasteiger partial charge in [-0.3, -0.25) is 9.59 Å². The molecule has 1 rings (SSSR count). The van der Waals surface area contributed by atoms with Crippen molar-refractivity contribution in [2.24, 2.45) is 5.92 Å². The highest BCUT2D eigenvalue weighted by atomic mass is 35.5. The molecular weight excluding hydrogens is 166 g/mol. The van der Waals surface area contributed by atoms with Crippen molar-refractivity contribution in [1.82, 2.24) is 4.90 Å². The number of amides is 1. The van der Waals surface area contributed by atoms with E-state index in [4.69, 9.17) is 11.6 Å². The Hall–Kier alpha value is -0.570. The number of halogens is 1. The quantitative estimate of drug-likeness (QED) is 0.548. The zero-order valence-corrected chi connectivity index (χ0v) is 7.10. The number of hydrogen-bond donors (Lipinski definition) is 0. The Morgan fingerprint density at radius 1 is 1.73 bits per heavy atom. The molecule has 0 bridgehead atoms. The molecular formula is C7H10ClNO2. The molecule has 0 saturated carbocycles. The fraction of sp³-hybridized carbons (Fsp3) is 0.714. The van der Waals surface area contributed by atoms with Crippen molar-refractivity contribution < 1.29 is 9.59 Å². The van der Waals surface area contributed by atoms with Crippen molar-refractivity contribution in [3.05, 3.63) is 0 Å². The smallest absolute Gasteiger partial charge is 0.225 e. The van der Waals surface area contributed by atoms with Crippen molar-refractivity contribution in [3.8, 4) is 0 Å². The van der Waals surface area contributed by atoms with Gasteiger partial charge in [-0.1, -0.05) is 0 Å². The first kappa shape index (κ1) is 8.53.